The van der Waals surface area contributed by atoms with Gasteiger partial charge in [0.1, 0.15) is 0 Å². The molecule has 4 rings (SSSR count). The van der Waals surface area contributed by atoms with Crippen LogP contribution in [0, 0.1) is 0 Å². The maximum Gasteiger partial charge on any atom is 0.291 e. The highest BCUT2D eigenvalue weighted by molar-refractivity contribution is 6.08. The number of carbonyl (C=O) groups excluding carboxylic acids is 3. The lowest BCUT2D eigenvalue weighted by Crippen LogP contribution is -2.28. The smallest absolute Gasteiger partial charge is 0.291 e. The number of furan rings is 1. The zero-order valence-electron chi connectivity index (χ0n) is 17.1. The maximum atomic E-state index is 12.6. The summed E-state index contributed by atoms with van der Waals surface area (Å²) in [5.74, 6) is -0.908. The first-order chi connectivity index (χ1) is 15.6. The molecule has 160 valence electrons. The minimum atomic E-state index is -0.454. The molecule has 0 fully saturated rings. The van der Waals surface area contributed by atoms with Gasteiger partial charge in [0.05, 0.1) is 17.5 Å². The van der Waals surface area contributed by atoms with E-state index in [0.717, 1.165) is 10.8 Å². The van der Waals surface area contributed by atoms with Crippen molar-refractivity contribution in [2.75, 3.05) is 17.2 Å². The number of fused-ring (bicyclic) bond motifs is 1. The van der Waals surface area contributed by atoms with Crippen LogP contribution in [-0.4, -0.2) is 24.3 Å². The van der Waals surface area contributed by atoms with E-state index < -0.39 is 5.91 Å². The predicted molar refractivity (Wildman–Crippen MR) is 123 cm³/mol. The van der Waals surface area contributed by atoms with Crippen molar-refractivity contribution in [3.05, 3.63) is 96.4 Å². The average Bonchev–Trinajstić information content (AvgIpc) is 3.34. The molecule has 3 aromatic carbocycles. The summed E-state index contributed by atoms with van der Waals surface area (Å²) in [5, 5.41) is 10.4. The lowest BCUT2D eigenvalue weighted by molar-refractivity contribution is -0.116. The molecule has 7 heteroatoms. The second-order valence-corrected chi connectivity index (χ2v) is 7.09. The molecule has 0 saturated carbocycles. The highest BCUT2D eigenvalue weighted by Gasteiger charge is 2.15. The normalized spacial score (nSPS) is 10.5. The molecule has 0 bridgehead atoms. The average molecular weight is 427 g/mol. The number of nitrogens with one attached hydrogen (secondary N) is 3. The number of carbonyl (C=O) groups is 3. The standard InChI is InChI=1S/C25H21N3O4/c29-23(27-19-12-11-17-6-1-2-7-18(17)16-19)13-14-26-24(30)20-8-3-4-9-21(20)28-25(31)22-10-5-15-32-22/h1-12,15-16H,13-14H2,(H,26,30)(H,27,29)(H,28,31). The number of hydrogen-bond donors (Lipinski definition) is 3. The lowest BCUT2D eigenvalue weighted by Gasteiger charge is -2.11. The summed E-state index contributed by atoms with van der Waals surface area (Å²) in [5.41, 5.74) is 1.35. The van der Waals surface area contributed by atoms with E-state index >= 15 is 0 Å². The number of rotatable bonds is 7. The molecule has 0 spiro atoms. The number of benzene rings is 3. The van der Waals surface area contributed by atoms with Crippen molar-refractivity contribution in [2.45, 2.75) is 6.42 Å². The van der Waals surface area contributed by atoms with Gasteiger partial charge in [-0.3, -0.25) is 14.4 Å². The van der Waals surface area contributed by atoms with E-state index in [-0.39, 0.29) is 30.5 Å². The predicted octanol–water partition coefficient (Wildman–Crippen LogP) is 4.44. The monoisotopic (exact) mass is 427 g/mol. The Hall–Kier alpha value is -4.39. The van der Waals surface area contributed by atoms with Gasteiger partial charge in [0.2, 0.25) is 5.91 Å². The highest BCUT2D eigenvalue weighted by Crippen LogP contribution is 2.19. The Labute approximate surface area is 184 Å². The first-order valence-electron chi connectivity index (χ1n) is 10.1. The van der Waals surface area contributed by atoms with Crippen LogP contribution in [-0.2, 0) is 4.79 Å². The van der Waals surface area contributed by atoms with Crippen molar-refractivity contribution < 1.29 is 18.8 Å². The van der Waals surface area contributed by atoms with E-state index in [1.807, 2.05) is 42.5 Å². The number of amides is 3. The van der Waals surface area contributed by atoms with Crippen LogP contribution >= 0.6 is 0 Å². The van der Waals surface area contributed by atoms with Gasteiger partial charge in [0.25, 0.3) is 11.8 Å². The van der Waals surface area contributed by atoms with Gasteiger partial charge in [-0.2, -0.15) is 0 Å². The third-order valence-corrected chi connectivity index (χ3v) is 4.84. The van der Waals surface area contributed by atoms with E-state index in [2.05, 4.69) is 16.0 Å². The fraction of sp³-hybridized carbons (Fsp3) is 0.0800. The van der Waals surface area contributed by atoms with Gasteiger partial charge in [-0.1, -0.05) is 42.5 Å². The van der Waals surface area contributed by atoms with E-state index in [1.165, 1.54) is 12.3 Å². The van der Waals surface area contributed by atoms with Crippen molar-refractivity contribution in [1.82, 2.24) is 5.32 Å². The van der Waals surface area contributed by atoms with Crippen LogP contribution in [0.2, 0.25) is 0 Å². The van der Waals surface area contributed by atoms with Crippen LogP contribution in [0.3, 0.4) is 0 Å². The van der Waals surface area contributed by atoms with Crippen LogP contribution < -0.4 is 16.0 Å². The van der Waals surface area contributed by atoms with Gasteiger partial charge in [-0.05, 0) is 47.2 Å². The van der Waals surface area contributed by atoms with Gasteiger partial charge in [0.15, 0.2) is 5.76 Å². The Bertz CT molecular complexity index is 1270. The third-order valence-electron chi connectivity index (χ3n) is 4.84. The Morgan fingerprint density at radius 1 is 0.750 bits per heavy atom. The molecule has 1 aromatic heterocycles. The quantitative estimate of drug-likeness (QED) is 0.406. The molecule has 3 N–H and O–H groups in total. The van der Waals surface area contributed by atoms with Crippen LogP contribution in [0.1, 0.15) is 27.3 Å². The molecule has 0 unspecified atom stereocenters. The summed E-state index contributed by atoms with van der Waals surface area (Å²) in [4.78, 5) is 37.1. The molecule has 0 aliphatic heterocycles. The molecule has 1 heterocycles. The Morgan fingerprint density at radius 2 is 1.53 bits per heavy atom. The SMILES string of the molecule is O=C(CCNC(=O)c1ccccc1NC(=O)c1ccco1)Nc1ccc2ccccc2c1. The maximum absolute atomic E-state index is 12.6. The first kappa shape index (κ1) is 20.9. The first-order valence-corrected chi connectivity index (χ1v) is 10.1. The molecule has 0 radical (unpaired) electrons. The molecule has 32 heavy (non-hydrogen) atoms. The molecule has 0 saturated heterocycles. The van der Waals surface area contributed by atoms with Crippen LogP contribution in [0.25, 0.3) is 10.8 Å². The van der Waals surface area contributed by atoms with Crippen molar-refractivity contribution in [3.63, 3.8) is 0 Å². The molecular weight excluding hydrogens is 406 g/mol. The third kappa shape index (κ3) is 5.02. The Kier molecular flexibility index (Phi) is 6.27. The van der Waals surface area contributed by atoms with Gasteiger partial charge in [-0.15, -0.1) is 0 Å². The summed E-state index contributed by atoms with van der Waals surface area (Å²) >= 11 is 0. The summed E-state index contributed by atoms with van der Waals surface area (Å²) in [6.45, 7) is 0.152. The van der Waals surface area contributed by atoms with E-state index in [0.29, 0.717) is 16.9 Å². The lowest BCUT2D eigenvalue weighted by atomic mass is 10.1. The second-order valence-electron chi connectivity index (χ2n) is 7.09. The fourth-order valence-corrected chi connectivity index (χ4v) is 3.26. The summed E-state index contributed by atoms with van der Waals surface area (Å²) in [6.07, 6.45) is 1.51. The van der Waals surface area contributed by atoms with Crippen LogP contribution in [0.4, 0.5) is 11.4 Å². The van der Waals surface area contributed by atoms with Gasteiger partial charge in [0, 0.05) is 18.7 Å². The fourth-order valence-electron chi connectivity index (χ4n) is 3.26. The summed E-state index contributed by atoms with van der Waals surface area (Å²) in [6, 6.07) is 23.4. The summed E-state index contributed by atoms with van der Waals surface area (Å²) < 4.78 is 5.07. The molecule has 3 amide bonds. The van der Waals surface area contributed by atoms with Gasteiger partial charge >= 0.3 is 0 Å². The van der Waals surface area contributed by atoms with Gasteiger partial charge in [-0.25, -0.2) is 0 Å². The van der Waals surface area contributed by atoms with Crippen LogP contribution in [0.5, 0.6) is 0 Å². The molecule has 4 aromatic rings. The molecule has 0 aliphatic rings. The molecule has 0 aliphatic carbocycles. The summed E-state index contributed by atoms with van der Waals surface area (Å²) in [7, 11) is 0. The van der Waals surface area contributed by atoms with Crippen LogP contribution in [0.15, 0.2) is 89.5 Å². The van der Waals surface area contributed by atoms with Gasteiger partial charge < -0.3 is 20.4 Å². The minimum Gasteiger partial charge on any atom is -0.459 e. The molecular formula is C25H21N3O4. The Morgan fingerprint density at radius 3 is 2.34 bits per heavy atom. The van der Waals surface area contributed by atoms with E-state index in [9.17, 15) is 14.4 Å². The molecule has 0 atom stereocenters. The number of hydrogen-bond acceptors (Lipinski definition) is 4. The van der Waals surface area contributed by atoms with Crippen molar-refractivity contribution in [2.24, 2.45) is 0 Å². The zero-order chi connectivity index (χ0) is 22.3. The minimum absolute atomic E-state index is 0.111. The highest BCUT2D eigenvalue weighted by atomic mass is 16.3. The van der Waals surface area contributed by atoms with E-state index in [4.69, 9.17) is 4.42 Å². The number of anilines is 2. The van der Waals surface area contributed by atoms with Crippen molar-refractivity contribution in [1.29, 1.82) is 0 Å². The van der Waals surface area contributed by atoms with Crippen molar-refractivity contribution >= 4 is 39.9 Å². The van der Waals surface area contributed by atoms with Crippen molar-refractivity contribution in [3.8, 4) is 0 Å². The zero-order valence-corrected chi connectivity index (χ0v) is 17.1. The largest absolute Gasteiger partial charge is 0.459 e. The van der Waals surface area contributed by atoms with E-state index in [1.54, 1.807) is 30.3 Å². The topological polar surface area (TPSA) is 100 Å². The molecule has 7 nitrogen and oxygen atoms in total. The number of para-hydroxylation sites is 1. The Balaban J connectivity index is 1.31. The second kappa shape index (κ2) is 9.61.